The minimum Gasteiger partial charge on any atom is -0.332 e. The Hall–Kier alpha value is -1.75. The van der Waals surface area contributed by atoms with E-state index in [9.17, 15) is 0 Å². The molecular weight excluding hydrogens is 238 g/mol. The number of hydrogen-bond acceptors (Lipinski definition) is 4. The number of piperidine rings is 1. The minimum absolute atomic E-state index is 0.734. The fraction of sp³-hybridized carbons (Fsp3) is 0.500. The summed E-state index contributed by atoms with van der Waals surface area (Å²) in [5.74, 6) is 0.734. The number of nitrogens with zero attached hydrogens (tertiary/aromatic N) is 4. The third-order valence-electron chi connectivity index (χ3n) is 3.72. The zero-order valence-corrected chi connectivity index (χ0v) is 11.2. The number of nitrogens with one attached hydrogen (secondary N) is 1. The third-order valence-corrected chi connectivity index (χ3v) is 3.72. The van der Waals surface area contributed by atoms with Crippen molar-refractivity contribution in [1.82, 2.24) is 24.8 Å². The summed E-state index contributed by atoms with van der Waals surface area (Å²) >= 11 is 0. The zero-order chi connectivity index (χ0) is 13.1. The Morgan fingerprint density at radius 2 is 2.05 bits per heavy atom. The van der Waals surface area contributed by atoms with Crippen LogP contribution in [0.4, 0.5) is 0 Å². The lowest BCUT2D eigenvalue weighted by Crippen LogP contribution is -2.28. The molecule has 1 N–H and O–H groups in total. The van der Waals surface area contributed by atoms with Crippen LogP contribution in [0, 0.1) is 5.92 Å². The number of hydrogen-bond donors (Lipinski definition) is 1. The summed E-state index contributed by atoms with van der Waals surface area (Å²) in [7, 11) is 1.98. The van der Waals surface area contributed by atoms with E-state index in [-0.39, 0.29) is 0 Å². The molecule has 0 aliphatic carbocycles. The molecule has 2 aromatic rings. The first kappa shape index (κ1) is 12.3. The highest BCUT2D eigenvalue weighted by Gasteiger charge is 2.15. The van der Waals surface area contributed by atoms with Crippen LogP contribution < -0.4 is 5.32 Å². The molecule has 0 unspecified atom stereocenters. The Morgan fingerprint density at radius 1 is 1.21 bits per heavy atom. The van der Waals surface area contributed by atoms with Crippen LogP contribution >= 0.6 is 0 Å². The molecule has 3 heterocycles. The summed E-state index contributed by atoms with van der Waals surface area (Å²) < 4.78 is 1.97. The number of rotatable bonds is 3. The molecule has 1 aliphatic heterocycles. The van der Waals surface area contributed by atoms with E-state index in [0.717, 1.165) is 42.5 Å². The van der Waals surface area contributed by atoms with Crippen molar-refractivity contribution in [1.29, 1.82) is 0 Å². The molecule has 0 radical (unpaired) electrons. The van der Waals surface area contributed by atoms with Gasteiger partial charge in [0, 0.05) is 13.2 Å². The highest BCUT2D eigenvalue weighted by Crippen LogP contribution is 2.19. The van der Waals surface area contributed by atoms with Crippen molar-refractivity contribution in [2.45, 2.75) is 19.3 Å². The van der Waals surface area contributed by atoms with Gasteiger partial charge in [-0.25, -0.2) is 9.97 Å². The Balaban J connectivity index is 1.78. The fourth-order valence-electron chi connectivity index (χ4n) is 2.61. The summed E-state index contributed by atoms with van der Waals surface area (Å²) in [5, 5.41) is 3.39. The van der Waals surface area contributed by atoms with Crippen LogP contribution in [0.15, 0.2) is 24.9 Å². The van der Waals surface area contributed by atoms with Crippen LogP contribution in [0.3, 0.4) is 0 Å². The first-order chi connectivity index (χ1) is 9.33. The van der Waals surface area contributed by atoms with Crippen LogP contribution in [-0.2, 0) is 13.5 Å². The van der Waals surface area contributed by atoms with E-state index in [1.807, 2.05) is 30.2 Å². The summed E-state index contributed by atoms with van der Waals surface area (Å²) in [6, 6.07) is 0. The highest BCUT2D eigenvalue weighted by atomic mass is 15.0. The average Bonchev–Trinajstić information content (AvgIpc) is 2.86. The first-order valence-electron chi connectivity index (χ1n) is 6.81. The van der Waals surface area contributed by atoms with Crippen molar-refractivity contribution in [2.75, 3.05) is 13.1 Å². The lowest BCUT2D eigenvalue weighted by molar-refractivity contribution is 0.370. The highest BCUT2D eigenvalue weighted by molar-refractivity contribution is 5.52. The van der Waals surface area contributed by atoms with Crippen LogP contribution in [0.2, 0.25) is 0 Å². The van der Waals surface area contributed by atoms with Gasteiger partial charge in [-0.3, -0.25) is 4.98 Å². The molecule has 0 spiro atoms. The van der Waals surface area contributed by atoms with E-state index in [0.29, 0.717) is 0 Å². The van der Waals surface area contributed by atoms with E-state index < -0.39 is 0 Å². The quantitative estimate of drug-likeness (QED) is 0.903. The molecule has 0 aromatic carbocycles. The summed E-state index contributed by atoms with van der Waals surface area (Å²) in [4.78, 5) is 13.2. The van der Waals surface area contributed by atoms with Crippen LogP contribution in [-0.4, -0.2) is 32.6 Å². The molecule has 100 valence electrons. The number of aryl methyl sites for hydroxylation is 1. The van der Waals surface area contributed by atoms with Crippen LogP contribution in [0.25, 0.3) is 11.4 Å². The molecular formula is C14H19N5. The smallest absolute Gasteiger partial charge is 0.107 e. The fourth-order valence-corrected chi connectivity index (χ4v) is 2.61. The molecule has 1 fully saturated rings. The van der Waals surface area contributed by atoms with Gasteiger partial charge in [-0.2, -0.15) is 0 Å². The predicted octanol–water partition coefficient (Wildman–Crippen LogP) is 1.42. The number of imidazole rings is 1. The van der Waals surface area contributed by atoms with Gasteiger partial charge in [-0.05, 0) is 38.3 Å². The summed E-state index contributed by atoms with van der Waals surface area (Å²) in [5.41, 5.74) is 3.01. The largest absolute Gasteiger partial charge is 0.332 e. The second-order valence-corrected chi connectivity index (χ2v) is 5.18. The lowest BCUT2D eigenvalue weighted by Gasteiger charge is -2.22. The maximum absolute atomic E-state index is 4.73. The van der Waals surface area contributed by atoms with Gasteiger partial charge in [0.05, 0.1) is 30.1 Å². The molecule has 19 heavy (non-hydrogen) atoms. The lowest BCUT2D eigenvalue weighted by atomic mass is 9.93. The van der Waals surface area contributed by atoms with E-state index in [2.05, 4.69) is 15.3 Å². The first-order valence-corrected chi connectivity index (χ1v) is 6.81. The Bertz CT molecular complexity index is 542. The topological polar surface area (TPSA) is 55.6 Å². The van der Waals surface area contributed by atoms with E-state index in [4.69, 9.17) is 4.98 Å². The number of aromatic nitrogens is 4. The van der Waals surface area contributed by atoms with Gasteiger partial charge in [0.15, 0.2) is 0 Å². The molecule has 1 saturated heterocycles. The standard InChI is InChI=1S/C14H19N5/c1-19-10-17-9-14(19)13-8-16-7-12(18-13)6-11-2-4-15-5-3-11/h7-11,15H,2-6H2,1H3. The van der Waals surface area contributed by atoms with Gasteiger partial charge >= 0.3 is 0 Å². The van der Waals surface area contributed by atoms with Gasteiger partial charge in [-0.1, -0.05) is 0 Å². The minimum atomic E-state index is 0.734. The monoisotopic (exact) mass is 257 g/mol. The second kappa shape index (κ2) is 5.48. The Labute approximate surface area is 113 Å². The maximum Gasteiger partial charge on any atom is 0.107 e. The van der Waals surface area contributed by atoms with Crippen molar-refractivity contribution in [2.24, 2.45) is 13.0 Å². The van der Waals surface area contributed by atoms with Gasteiger partial charge in [0.1, 0.15) is 5.69 Å². The third kappa shape index (κ3) is 2.81. The van der Waals surface area contributed by atoms with Crippen molar-refractivity contribution in [3.05, 3.63) is 30.6 Å². The Kier molecular flexibility index (Phi) is 3.55. The van der Waals surface area contributed by atoms with Crippen molar-refractivity contribution in [3.8, 4) is 11.4 Å². The molecule has 0 atom stereocenters. The summed E-state index contributed by atoms with van der Waals surface area (Å²) in [6.45, 7) is 2.25. The molecule has 5 nitrogen and oxygen atoms in total. The SMILES string of the molecule is Cn1cncc1-c1cncc(CC2CCNCC2)n1. The van der Waals surface area contributed by atoms with Crippen molar-refractivity contribution in [3.63, 3.8) is 0 Å². The Morgan fingerprint density at radius 3 is 2.79 bits per heavy atom. The summed E-state index contributed by atoms with van der Waals surface area (Å²) in [6.07, 6.45) is 10.8. The van der Waals surface area contributed by atoms with Crippen molar-refractivity contribution >= 4 is 0 Å². The normalized spacial score (nSPS) is 16.7. The maximum atomic E-state index is 4.73. The molecule has 2 aromatic heterocycles. The molecule has 0 saturated carbocycles. The van der Waals surface area contributed by atoms with Gasteiger partial charge in [0.2, 0.25) is 0 Å². The van der Waals surface area contributed by atoms with Gasteiger partial charge in [-0.15, -0.1) is 0 Å². The zero-order valence-electron chi connectivity index (χ0n) is 11.2. The molecule has 0 amide bonds. The predicted molar refractivity (Wildman–Crippen MR) is 73.5 cm³/mol. The van der Waals surface area contributed by atoms with E-state index in [1.54, 1.807) is 6.33 Å². The molecule has 5 heteroatoms. The molecule has 3 rings (SSSR count). The van der Waals surface area contributed by atoms with Gasteiger partial charge < -0.3 is 9.88 Å². The second-order valence-electron chi connectivity index (χ2n) is 5.18. The molecule has 0 bridgehead atoms. The van der Waals surface area contributed by atoms with E-state index in [1.165, 1.54) is 12.8 Å². The van der Waals surface area contributed by atoms with Gasteiger partial charge in [0.25, 0.3) is 0 Å². The average molecular weight is 257 g/mol. The van der Waals surface area contributed by atoms with Crippen molar-refractivity contribution < 1.29 is 0 Å². The van der Waals surface area contributed by atoms with Crippen LogP contribution in [0.1, 0.15) is 18.5 Å². The van der Waals surface area contributed by atoms with E-state index >= 15 is 0 Å². The molecule has 1 aliphatic rings. The van der Waals surface area contributed by atoms with Crippen LogP contribution in [0.5, 0.6) is 0 Å².